The summed E-state index contributed by atoms with van der Waals surface area (Å²) < 4.78 is 0. The highest BCUT2D eigenvalue weighted by atomic mass is 35.5. The van der Waals surface area contributed by atoms with Gasteiger partial charge in [0.05, 0.1) is 0 Å². The average Bonchev–Trinajstić information content (AvgIpc) is 2.97. The third-order valence-corrected chi connectivity index (χ3v) is 4.35. The first-order valence-corrected chi connectivity index (χ1v) is 7.97. The molecular formula is C16H22ClN3OS. The van der Waals surface area contributed by atoms with Crippen molar-refractivity contribution < 1.29 is 4.79 Å². The number of amides is 1. The van der Waals surface area contributed by atoms with E-state index in [9.17, 15) is 4.79 Å². The van der Waals surface area contributed by atoms with Crippen molar-refractivity contribution in [1.29, 1.82) is 0 Å². The Morgan fingerprint density at radius 3 is 2.55 bits per heavy atom. The number of nitrogens with one attached hydrogen (secondary N) is 1. The van der Waals surface area contributed by atoms with Gasteiger partial charge in [-0.05, 0) is 11.5 Å². The van der Waals surface area contributed by atoms with Crippen molar-refractivity contribution in [1.82, 2.24) is 10.3 Å². The van der Waals surface area contributed by atoms with Gasteiger partial charge in [-0.15, -0.1) is 23.7 Å². The summed E-state index contributed by atoms with van der Waals surface area (Å²) in [5, 5.41) is 5.52. The second kappa shape index (κ2) is 8.88. The normalized spacial score (nSPS) is 11.8. The topological polar surface area (TPSA) is 68.0 Å². The number of nitrogens with two attached hydrogens (primary N) is 1. The monoisotopic (exact) mass is 339 g/mol. The highest BCUT2D eigenvalue weighted by Gasteiger charge is 2.18. The summed E-state index contributed by atoms with van der Waals surface area (Å²) in [4.78, 5) is 16.3. The summed E-state index contributed by atoms with van der Waals surface area (Å²) in [5.74, 6) is 0.609. The van der Waals surface area contributed by atoms with Crippen LogP contribution in [-0.4, -0.2) is 17.4 Å². The molecule has 0 saturated heterocycles. The number of carbonyl (C=O) groups is 1. The van der Waals surface area contributed by atoms with Gasteiger partial charge in [0.1, 0.15) is 10.7 Å². The van der Waals surface area contributed by atoms with Crippen LogP contribution in [0.25, 0.3) is 0 Å². The van der Waals surface area contributed by atoms with Crippen molar-refractivity contribution in [2.75, 3.05) is 6.54 Å². The van der Waals surface area contributed by atoms with Gasteiger partial charge in [-0.3, -0.25) is 4.79 Å². The minimum absolute atomic E-state index is 0. The molecule has 0 bridgehead atoms. The molecule has 2 aromatic rings. The lowest BCUT2D eigenvalue weighted by atomic mass is 9.88. The van der Waals surface area contributed by atoms with Crippen LogP contribution in [0.5, 0.6) is 0 Å². The van der Waals surface area contributed by atoms with Gasteiger partial charge in [-0.2, -0.15) is 0 Å². The molecule has 1 amide bonds. The highest BCUT2D eigenvalue weighted by molar-refractivity contribution is 7.09. The van der Waals surface area contributed by atoms with Crippen LogP contribution in [-0.2, 0) is 6.54 Å². The second-order valence-corrected chi connectivity index (χ2v) is 6.24. The van der Waals surface area contributed by atoms with Crippen molar-refractivity contribution in [2.45, 2.75) is 26.3 Å². The molecular weight excluding hydrogens is 318 g/mol. The van der Waals surface area contributed by atoms with Crippen LogP contribution in [0.3, 0.4) is 0 Å². The van der Waals surface area contributed by atoms with Crippen LogP contribution in [0.4, 0.5) is 0 Å². The number of aromatic nitrogens is 1. The van der Waals surface area contributed by atoms with E-state index in [0.717, 1.165) is 5.01 Å². The molecule has 0 radical (unpaired) electrons. The predicted octanol–water partition coefficient (Wildman–Crippen LogP) is 3.19. The molecule has 0 spiro atoms. The lowest BCUT2D eigenvalue weighted by molar-refractivity contribution is 0.0944. The van der Waals surface area contributed by atoms with E-state index in [1.165, 1.54) is 16.9 Å². The molecule has 0 fully saturated rings. The van der Waals surface area contributed by atoms with Gasteiger partial charge in [0, 0.05) is 24.4 Å². The Bertz CT molecular complexity index is 586. The van der Waals surface area contributed by atoms with Crippen molar-refractivity contribution in [3.8, 4) is 0 Å². The minimum Gasteiger partial charge on any atom is -0.350 e. The van der Waals surface area contributed by atoms with E-state index >= 15 is 0 Å². The first-order chi connectivity index (χ1) is 10.1. The zero-order chi connectivity index (χ0) is 15.2. The molecule has 3 N–H and O–H groups in total. The quantitative estimate of drug-likeness (QED) is 0.849. The highest BCUT2D eigenvalue weighted by Crippen LogP contribution is 2.23. The minimum atomic E-state index is -0.132. The Balaban J connectivity index is 0.00000242. The molecule has 0 aliphatic heterocycles. The molecule has 1 heterocycles. The summed E-state index contributed by atoms with van der Waals surface area (Å²) in [6.07, 6.45) is 0. The second-order valence-electron chi connectivity index (χ2n) is 5.30. The van der Waals surface area contributed by atoms with Gasteiger partial charge in [-0.25, -0.2) is 4.98 Å². The Labute approximate surface area is 141 Å². The zero-order valence-electron chi connectivity index (χ0n) is 12.8. The number of benzene rings is 1. The van der Waals surface area contributed by atoms with Gasteiger partial charge < -0.3 is 11.1 Å². The number of carbonyl (C=O) groups excluding carboxylic acids is 1. The van der Waals surface area contributed by atoms with Crippen molar-refractivity contribution in [3.05, 3.63) is 52.0 Å². The Kier molecular flexibility index (Phi) is 7.51. The molecule has 6 heteroatoms. The van der Waals surface area contributed by atoms with Crippen LogP contribution in [0.15, 0.2) is 35.7 Å². The molecule has 1 aromatic heterocycles. The van der Waals surface area contributed by atoms with Gasteiger partial charge in [0.25, 0.3) is 5.91 Å². The fraction of sp³-hybridized carbons (Fsp3) is 0.375. The smallest absolute Gasteiger partial charge is 0.270 e. The molecule has 2 rings (SSSR count). The molecule has 0 saturated carbocycles. The SMILES string of the molecule is CC(C)C(CNC(=O)c1csc(CN)n1)c1ccccc1.Cl. The maximum atomic E-state index is 12.1. The number of thiazole rings is 1. The first kappa shape index (κ1) is 18.6. The van der Waals surface area contributed by atoms with E-state index < -0.39 is 0 Å². The van der Waals surface area contributed by atoms with E-state index in [-0.39, 0.29) is 18.3 Å². The first-order valence-electron chi connectivity index (χ1n) is 7.09. The van der Waals surface area contributed by atoms with E-state index in [0.29, 0.717) is 30.6 Å². The van der Waals surface area contributed by atoms with E-state index in [1.54, 1.807) is 5.38 Å². The van der Waals surface area contributed by atoms with Crippen LogP contribution in [0.2, 0.25) is 0 Å². The van der Waals surface area contributed by atoms with Crippen LogP contribution in [0, 0.1) is 5.92 Å². The van der Waals surface area contributed by atoms with Gasteiger partial charge in [0.15, 0.2) is 0 Å². The maximum Gasteiger partial charge on any atom is 0.270 e. The van der Waals surface area contributed by atoms with Gasteiger partial charge in [0.2, 0.25) is 0 Å². The fourth-order valence-corrected chi connectivity index (χ4v) is 2.90. The Hall–Kier alpha value is -1.43. The van der Waals surface area contributed by atoms with Gasteiger partial charge >= 0.3 is 0 Å². The number of nitrogens with zero attached hydrogens (tertiary/aromatic N) is 1. The molecule has 1 unspecified atom stereocenters. The summed E-state index contributed by atoms with van der Waals surface area (Å²) in [7, 11) is 0. The molecule has 1 atom stereocenters. The molecule has 4 nitrogen and oxygen atoms in total. The number of hydrogen-bond acceptors (Lipinski definition) is 4. The summed E-state index contributed by atoms with van der Waals surface area (Å²) in [6, 6.07) is 10.3. The number of halogens is 1. The standard InChI is InChI=1S/C16H21N3OS.ClH/c1-11(2)13(12-6-4-3-5-7-12)9-18-16(20)14-10-21-15(8-17)19-14;/h3-7,10-11,13H,8-9,17H2,1-2H3,(H,18,20);1H. The maximum absolute atomic E-state index is 12.1. The molecule has 0 aliphatic rings. The average molecular weight is 340 g/mol. The molecule has 22 heavy (non-hydrogen) atoms. The zero-order valence-corrected chi connectivity index (χ0v) is 14.4. The predicted molar refractivity (Wildman–Crippen MR) is 93.6 cm³/mol. The van der Waals surface area contributed by atoms with Crippen LogP contribution < -0.4 is 11.1 Å². The summed E-state index contributed by atoms with van der Waals surface area (Å²) >= 11 is 1.42. The lowest BCUT2D eigenvalue weighted by Gasteiger charge is -2.21. The lowest BCUT2D eigenvalue weighted by Crippen LogP contribution is -2.30. The molecule has 0 aliphatic carbocycles. The van der Waals surface area contributed by atoms with Crippen molar-refractivity contribution >= 4 is 29.7 Å². The van der Waals surface area contributed by atoms with Crippen molar-refractivity contribution in [2.24, 2.45) is 11.7 Å². The third kappa shape index (κ3) is 4.80. The third-order valence-electron chi connectivity index (χ3n) is 3.47. The number of hydrogen-bond donors (Lipinski definition) is 2. The summed E-state index contributed by atoms with van der Waals surface area (Å²) in [6.45, 7) is 5.31. The Morgan fingerprint density at radius 1 is 1.32 bits per heavy atom. The van der Waals surface area contributed by atoms with Crippen molar-refractivity contribution in [3.63, 3.8) is 0 Å². The van der Waals surface area contributed by atoms with E-state index in [4.69, 9.17) is 5.73 Å². The van der Waals surface area contributed by atoms with E-state index in [1.807, 2.05) is 18.2 Å². The fourth-order valence-electron chi connectivity index (χ4n) is 2.24. The Morgan fingerprint density at radius 2 is 2.00 bits per heavy atom. The number of rotatable bonds is 6. The van der Waals surface area contributed by atoms with Crippen LogP contribution >= 0.6 is 23.7 Å². The molecule has 1 aromatic carbocycles. The van der Waals surface area contributed by atoms with Crippen LogP contribution in [0.1, 0.15) is 40.8 Å². The molecule has 120 valence electrons. The largest absolute Gasteiger partial charge is 0.350 e. The summed E-state index contributed by atoms with van der Waals surface area (Å²) in [5.41, 5.74) is 7.22. The van der Waals surface area contributed by atoms with Gasteiger partial charge in [-0.1, -0.05) is 44.2 Å². The van der Waals surface area contributed by atoms with E-state index in [2.05, 4.69) is 36.3 Å².